The molecule has 3 aliphatic heterocycles. The van der Waals surface area contributed by atoms with Crippen molar-refractivity contribution in [1.29, 1.82) is 0 Å². The first-order valence-corrected chi connectivity index (χ1v) is 14.8. The monoisotopic (exact) mass is 599 g/mol. The van der Waals surface area contributed by atoms with Gasteiger partial charge in [0.15, 0.2) is 11.6 Å². The van der Waals surface area contributed by atoms with Crippen molar-refractivity contribution in [2.45, 2.75) is 37.5 Å². The highest BCUT2D eigenvalue weighted by Gasteiger charge is 2.70. The Morgan fingerprint density at radius 2 is 1.53 bits per heavy atom. The third-order valence-corrected chi connectivity index (χ3v) is 8.99. The van der Waals surface area contributed by atoms with Crippen molar-refractivity contribution in [3.05, 3.63) is 141 Å². The molecule has 0 bridgehead atoms. The number of benzene rings is 4. The molecule has 0 unspecified atom stereocenters. The molecule has 4 aromatic rings. The highest BCUT2D eigenvalue weighted by atomic mass is 16.6. The molecule has 1 N–H and O–H groups in total. The van der Waals surface area contributed by atoms with Gasteiger partial charge < -0.3 is 15.0 Å². The zero-order chi connectivity index (χ0) is 31.5. The summed E-state index contributed by atoms with van der Waals surface area (Å²) in [6.45, 7) is 3.83. The van der Waals surface area contributed by atoms with Gasteiger partial charge in [0.2, 0.25) is 5.91 Å². The van der Waals surface area contributed by atoms with Crippen LogP contribution in [0.1, 0.15) is 57.3 Å². The Bertz CT molecular complexity index is 1900. The van der Waals surface area contributed by atoms with Gasteiger partial charge in [0, 0.05) is 35.1 Å². The minimum absolute atomic E-state index is 0.0507. The summed E-state index contributed by atoms with van der Waals surface area (Å²) in [5, 5.41) is 14.4. The van der Waals surface area contributed by atoms with Crippen LogP contribution < -0.4 is 10.1 Å². The lowest BCUT2D eigenvalue weighted by Gasteiger charge is -2.38. The Morgan fingerprint density at radius 1 is 0.889 bits per heavy atom. The van der Waals surface area contributed by atoms with Crippen LogP contribution in [0.3, 0.4) is 0 Å². The molecule has 9 nitrogen and oxygen atoms in total. The Labute approximate surface area is 259 Å². The third-order valence-electron chi connectivity index (χ3n) is 8.99. The maximum Gasteiger partial charge on any atom is 0.269 e. The summed E-state index contributed by atoms with van der Waals surface area (Å²) in [6, 6.07) is 25.3. The number of rotatable bonds is 7. The average Bonchev–Trinajstić information content (AvgIpc) is 3.52. The molecule has 9 heteroatoms. The van der Waals surface area contributed by atoms with Gasteiger partial charge in [-0.3, -0.25) is 24.5 Å². The number of ether oxygens (including phenoxy) is 1. The summed E-state index contributed by atoms with van der Waals surface area (Å²) < 4.78 is 5.78. The van der Waals surface area contributed by atoms with Gasteiger partial charge >= 0.3 is 0 Å². The second-order valence-electron chi connectivity index (χ2n) is 11.8. The second kappa shape index (κ2) is 10.6. The molecule has 7 rings (SSSR count). The van der Waals surface area contributed by atoms with Gasteiger partial charge in [-0.15, -0.1) is 0 Å². The molecule has 0 aromatic heterocycles. The molecule has 1 fully saturated rings. The summed E-state index contributed by atoms with van der Waals surface area (Å²) in [5.41, 5.74) is 1.82. The van der Waals surface area contributed by atoms with Gasteiger partial charge in [0.25, 0.3) is 5.69 Å². The van der Waals surface area contributed by atoms with Crippen molar-refractivity contribution in [2.24, 2.45) is 5.92 Å². The first-order chi connectivity index (χ1) is 21.7. The number of carbonyl (C=O) groups is 3. The number of anilines is 1. The summed E-state index contributed by atoms with van der Waals surface area (Å²) in [5.74, 6) is -1.72. The first-order valence-electron chi connectivity index (χ1n) is 14.8. The van der Waals surface area contributed by atoms with Gasteiger partial charge in [-0.1, -0.05) is 42.5 Å². The number of amides is 1. The number of nitrogens with zero attached hydrogens (tertiary/aromatic N) is 2. The van der Waals surface area contributed by atoms with E-state index in [-0.39, 0.29) is 29.0 Å². The minimum atomic E-state index is -1.49. The number of ketones is 2. The van der Waals surface area contributed by atoms with Crippen LogP contribution in [0.15, 0.2) is 103 Å². The van der Waals surface area contributed by atoms with E-state index < -0.39 is 34.1 Å². The average molecular weight is 600 g/mol. The number of fused-ring (bicyclic) bond motifs is 6. The number of Topliss-reactive ketones (excluding diaryl/α,β-unsaturated/α-hetero) is 2. The molecular weight excluding hydrogens is 570 g/mol. The van der Waals surface area contributed by atoms with Gasteiger partial charge in [-0.05, 0) is 79.1 Å². The van der Waals surface area contributed by atoms with Crippen LogP contribution in [0.2, 0.25) is 0 Å². The summed E-state index contributed by atoms with van der Waals surface area (Å²) in [4.78, 5) is 56.8. The molecule has 1 saturated heterocycles. The number of hydrogen-bond acceptors (Lipinski definition) is 7. The SMILES string of the molecule is CC(C)Oc1ccc(C(=O)[C@@H]2[C@H](C(=O)c3ccc([N+](=O)[O-])cc3)[C@@]3(C(=O)Nc4ccccc43)[C@H]3c4ccccc4C=CN23)cc1. The van der Waals surface area contributed by atoms with Gasteiger partial charge in [-0.2, -0.15) is 0 Å². The van der Waals surface area contributed by atoms with Crippen LogP contribution in [0.25, 0.3) is 6.08 Å². The van der Waals surface area contributed by atoms with E-state index in [1.54, 1.807) is 30.3 Å². The quantitative estimate of drug-likeness (QED) is 0.149. The molecule has 4 atom stereocenters. The Hall–Kier alpha value is -5.57. The predicted molar refractivity (Wildman–Crippen MR) is 168 cm³/mol. The molecule has 0 radical (unpaired) electrons. The molecule has 3 aliphatic rings. The van der Waals surface area contributed by atoms with E-state index in [4.69, 9.17) is 4.74 Å². The number of nitro groups is 1. The zero-order valence-electron chi connectivity index (χ0n) is 24.5. The van der Waals surface area contributed by atoms with Crippen LogP contribution in [0.5, 0.6) is 5.75 Å². The summed E-state index contributed by atoms with van der Waals surface area (Å²) in [6.07, 6.45) is 3.66. The molecule has 1 spiro atoms. The largest absolute Gasteiger partial charge is 0.491 e. The van der Waals surface area contributed by atoms with Crippen molar-refractivity contribution in [3.8, 4) is 5.75 Å². The Balaban J connectivity index is 1.46. The van der Waals surface area contributed by atoms with Crippen molar-refractivity contribution in [2.75, 3.05) is 5.32 Å². The zero-order valence-corrected chi connectivity index (χ0v) is 24.5. The van der Waals surface area contributed by atoms with E-state index in [0.717, 1.165) is 11.1 Å². The van der Waals surface area contributed by atoms with Crippen LogP contribution in [0, 0.1) is 16.0 Å². The lowest BCUT2D eigenvalue weighted by molar-refractivity contribution is -0.384. The lowest BCUT2D eigenvalue weighted by atomic mass is 9.62. The van der Waals surface area contributed by atoms with E-state index in [1.165, 1.54) is 24.3 Å². The first kappa shape index (κ1) is 28.2. The fourth-order valence-corrected chi connectivity index (χ4v) is 7.24. The van der Waals surface area contributed by atoms with Gasteiger partial charge in [0.05, 0.1) is 23.0 Å². The van der Waals surface area contributed by atoms with Crippen molar-refractivity contribution >= 4 is 34.9 Å². The van der Waals surface area contributed by atoms with Crippen LogP contribution in [-0.2, 0) is 10.2 Å². The van der Waals surface area contributed by atoms with Gasteiger partial charge in [0.1, 0.15) is 17.2 Å². The number of non-ortho nitro benzene ring substituents is 1. The van der Waals surface area contributed by atoms with E-state index in [2.05, 4.69) is 5.32 Å². The maximum atomic E-state index is 14.8. The molecule has 45 heavy (non-hydrogen) atoms. The van der Waals surface area contributed by atoms with Crippen molar-refractivity contribution < 1.29 is 24.0 Å². The standard InChI is InChI=1S/C36H29N3O6/c1-21(2)45-26-17-13-24(14-18-26)33(41)31-30(32(40)23-11-15-25(16-12-23)39(43)44)36(28-9-5-6-10-29(28)37-35(36)42)34-27-8-4-3-7-22(27)19-20-38(31)34/h3-21,30-31,34H,1-2H3,(H,37,42)/t30-,31+,34-,36-/m1/s1. The van der Waals surface area contributed by atoms with Gasteiger partial charge in [-0.25, -0.2) is 0 Å². The number of para-hydroxylation sites is 1. The molecule has 0 saturated carbocycles. The molecule has 0 aliphatic carbocycles. The number of nitrogens with one attached hydrogen (secondary N) is 1. The number of hydrogen-bond donors (Lipinski definition) is 1. The third kappa shape index (κ3) is 4.26. The highest BCUT2D eigenvalue weighted by Crippen LogP contribution is 2.62. The maximum absolute atomic E-state index is 14.8. The normalized spacial score (nSPS) is 22.5. The molecule has 4 aromatic carbocycles. The van der Waals surface area contributed by atoms with E-state index in [0.29, 0.717) is 22.6 Å². The summed E-state index contributed by atoms with van der Waals surface area (Å²) >= 11 is 0. The predicted octanol–water partition coefficient (Wildman–Crippen LogP) is 6.36. The van der Waals surface area contributed by atoms with Crippen molar-refractivity contribution in [1.82, 2.24) is 4.90 Å². The van der Waals surface area contributed by atoms with Crippen LogP contribution >= 0.6 is 0 Å². The summed E-state index contributed by atoms with van der Waals surface area (Å²) in [7, 11) is 0. The fraction of sp³-hybridized carbons (Fsp3) is 0.194. The number of nitro benzene ring substituents is 1. The van der Waals surface area contributed by atoms with E-state index in [1.807, 2.05) is 73.5 Å². The molecular formula is C36H29N3O6. The molecule has 224 valence electrons. The number of carbonyl (C=O) groups excluding carboxylic acids is 3. The minimum Gasteiger partial charge on any atom is -0.491 e. The smallest absolute Gasteiger partial charge is 0.269 e. The highest BCUT2D eigenvalue weighted by molar-refractivity contribution is 6.16. The van der Waals surface area contributed by atoms with Crippen LogP contribution in [-0.4, -0.2) is 39.4 Å². The van der Waals surface area contributed by atoms with E-state index in [9.17, 15) is 24.5 Å². The topological polar surface area (TPSA) is 119 Å². The fourth-order valence-electron chi connectivity index (χ4n) is 7.24. The van der Waals surface area contributed by atoms with Crippen LogP contribution in [0.4, 0.5) is 11.4 Å². The second-order valence-corrected chi connectivity index (χ2v) is 11.8. The molecule has 1 amide bonds. The lowest BCUT2D eigenvalue weighted by Crippen LogP contribution is -2.49. The Morgan fingerprint density at radius 3 is 2.24 bits per heavy atom. The Kier molecular flexibility index (Phi) is 6.62. The van der Waals surface area contributed by atoms with E-state index >= 15 is 0 Å². The molecule has 3 heterocycles. The van der Waals surface area contributed by atoms with Crippen molar-refractivity contribution in [3.63, 3.8) is 0 Å².